The zero-order chi connectivity index (χ0) is 40.5. The van der Waals surface area contributed by atoms with Gasteiger partial charge in [0.05, 0.1) is 0 Å². The van der Waals surface area contributed by atoms with Crippen LogP contribution in [0.3, 0.4) is 0 Å². The summed E-state index contributed by atoms with van der Waals surface area (Å²) < 4.78 is 11.8. The zero-order valence-corrected chi connectivity index (χ0v) is 34.6. The molecule has 0 aromatic heterocycles. The topological polar surface area (TPSA) is 113 Å². The first kappa shape index (κ1) is 40.9. The van der Waals surface area contributed by atoms with Gasteiger partial charge >= 0.3 is 12.1 Å². The molecule has 56 heavy (non-hydrogen) atoms. The number of phenolic OH excluding ortho intramolecular Hbond substituents is 1. The number of aromatic hydroxyl groups is 1. The summed E-state index contributed by atoms with van der Waals surface area (Å²) in [5, 5.41) is 19.8. The van der Waals surface area contributed by atoms with Crippen molar-refractivity contribution in [2.24, 2.45) is 17.8 Å². The number of ether oxygens (including phenoxy) is 2. The van der Waals surface area contributed by atoms with Crippen LogP contribution in [0.2, 0.25) is 0 Å². The Morgan fingerprint density at radius 1 is 0.857 bits per heavy atom. The van der Waals surface area contributed by atoms with Gasteiger partial charge in [-0.2, -0.15) is 0 Å². The van der Waals surface area contributed by atoms with E-state index in [0.717, 1.165) is 39.3 Å². The molecule has 0 bridgehead atoms. The molecule has 2 aliphatic rings. The number of Topliss-reactive ketones (excluding diaryl/α,β-unsaturated/α-hetero) is 1. The van der Waals surface area contributed by atoms with Crippen LogP contribution in [0.25, 0.3) is 0 Å². The number of aliphatic carboxylic acids is 1. The molecule has 1 heterocycles. The summed E-state index contributed by atoms with van der Waals surface area (Å²) in [6.45, 7) is 15.9. The first-order valence-corrected chi connectivity index (χ1v) is 20.7. The van der Waals surface area contributed by atoms with Crippen molar-refractivity contribution in [3.63, 3.8) is 0 Å². The molecular formula is C47H55NO7S. The number of carboxylic acids is 1. The average Bonchev–Trinajstić information content (AvgIpc) is 3.73. The molecule has 1 aliphatic carbocycles. The Hall–Kier alpha value is -4.76. The molecule has 1 saturated carbocycles. The van der Waals surface area contributed by atoms with Gasteiger partial charge < -0.3 is 24.6 Å². The molecule has 1 amide bonds. The first-order valence-electron chi connectivity index (χ1n) is 19.7. The van der Waals surface area contributed by atoms with E-state index < -0.39 is 23.6 Å². The van der Waals surface area contributed by atoms with Crippen molar-refractivity contribution >= 4 is 29.6 Å². The van der Waals surface area contributed by atoms with Gasteiger partial charge in [-0.15, -0.1) is 11.8 Å². The van der Waals surface area contributed by atoms with Gasteiger partial charge in [-0.05, 0) is 134 Å². The van der Waals surface area contributed by atoms with Gasteiger partial charge in [-0.1, -0.05) is 70.2 Å². The van der Waals surface area contributed by atoms with Crippen LogP contribution in [-0.4, -0.2) is 57.4 Å². The quantitative estimate of drug-likeness (QED) is 0.0961. The third-order valence-corrected chi connectivity index (χ3v) is 12.6. The minimum Gasteiger partial charge on any atom is -0.508 e. The Kier molecular flexibility index (Phi) is 12.2. The molecule has 6 rings (SSSR count). The molecule has 2 N–H and O–H groups in total. The van der Waals surface area contributed by atoms with Gasteiger partial charge in [0.1, 0.15) is 17.2 Å². The monoisotopic (exact) mass is 777 g/mol. The number of carboxylic acid groups (broad SMARTS) is 1. The summed E-state index contributed by atoms with van der Waals surface area (Å²) in [5.41, 5.74) is 5.26. The van der Waals surface area contributed by atoms with Crippen molar-refractivity contribution in [1.29, 1.82) is 0 Å². The molecule has 4 aromatic rings. The van der Waals surface area contributed by atoms with Gasteiger partial charge in [-0.3, -0.25) is 4.79 Å². The minimum atomic E-state index is -1.42. The second-order valence-corrected chi connectivity index (χ2v) is 17.9. The number of nitrogens with zero attached hydrogens (tertiary/aromatic N) is 1. The number of phenols is 1. The van der Waals surface area contributed by atoms with E-state index in [9.17, 15) is 24.6 Å². The fourth-order valence-electron chi connectivity index (χ4n) is 7.81. The van der Waals surface area contributed by atoms with Gasteiger partial charge in [-0.25, -0.2) is 9.59 Å². The van der Waals surface area contributed by atoms with Crippen LogP contribution in [0.15, 0.2) is 83.8 Å². The molecule has 3 unspecified atom stereocenters. The Morgan fingerprint density at radius 3 is 2.12 bits per heavy atom. The average molecular weight is 778 g/mol. The van der Waals surface area contributed by atoms with Crippen molar-refractivity contribution < 1.29 is 34.1 Å². The second-order valence-electron chi connectivity index (χ2n) is 16.8. The number of hydrogen-bond donors (Lipinski definition) is 2. The van der Waals surface area contributed by atoms with Crippen LogP contribution in [0.1, 0.15) is 109 Å². The predicted molar refractivity (Wildman–Crippen MR) is 222 cm³/mol. The number of amides is 1. The van der Waals surface area contributed by atoms with Crippen molar-refractivity contribution in [3.8, 4) is 17.2 Å². The summed E-state index contributed by atoms with van der Waals surface area (Å²) in [6.07, 6.45) is 1.65. The van der Waals surface area contributed by atoms with Crippen LogP contribution in [-0.2, 0) is 11.2 Å². The highest BCUT2D eigenvalue weighted by Crippen LogP contribution is 2.46. The molecule has 4 aromatic carbocycles. The molecule has 296 valence electrons. The number of hydrogen-bond acceptors (Lipinski definition) is 7. The molecule has 0 spiro atoms. The lowest BCUT2D eigenvalue weighted by molar-refractivity contribution is -0.152. The van der Waals surface area contributed by atoms with E-state index in [-0.39, 0.29) is 24.8 Å². The fourth-order valence-corrected chi connectivity index (χ4v) is 8.96. The number of aryl methyl sites for hydroxylation is 2. The number of rotatable bonds is 14. The van der Waals surface area contributed by atoms with Crippen LogP contribution in [0.5, 0.6) is 17.2 Å². The van der Waals surface area contributed by atoms with Crippen LogP contribution < -0.4 is 9.47 Å². The van der Waals surface area contributed by atoms with Gasteiger partial charge in [0.2, 0.25) is 0 Å². The molecular weight excluding hydrogens is 723 g/mol. The van der Waals surface area contributed by atoms with Crippen molar-refractivity contribution in [2.75, 3.05) is 18.8 Å². The van der Waals surface area contributed by atoms with E-state index in [0.29, 0.717) is 46.5 Å². The van der Waals surface area contributed by atoms with Gasteiger partial charge in [0.15, 0.2) is 11.4 Å². The summed E-state index contributed by atoms with van der Waals surface area (Å²) >= 11 is 1.81. The molecule has 1 aliphatic heterocycles. The maximum Gasteiger partial charge on any atom is 0.415 e. The number of ketones is 1. The number of thioether (sulfide) groups is 1. The standard InChI is InChI=1S/C47H55NO7S/c1-27(2)31-9-14-38(15-10-31)54-46(53)48-24-41(34-19-29(5)44(30(6)20-34)55-47(7,8)45(51)52)42(25-48)43(50)32-11-16-39(17-12-32)56-26-36-22-33(36)21-35-23-37(49)13-18-40(35)28(3)4/h9-20,23,27-28,33,36,41-42,49H,21-22,24-26H2,1-8H3,(H,51,52)/t33?,36-,41?,42?/m1/s1. The van der Waals surface area contributed by atoms with Crippen LogP contribution >= 0.6 is 11.8 Å². The van der Waals surface area contributed by atoms with E-state index in [2.05, 4.69) is 27.7 Å². The Labute approximate surface area is 335 Å². The molecule has 1 saturated heterocycles. The SMILES string of the molecule is Cc1cc(C2CN(C(=O)Oc3ccc(C(C)C)cc3)CC2C(=O)c2ccc(SC[C@H]3CC3Cc3cc(O)ccc3C(C)C)cc2)cc(C)c1OC(C)(C)C(=O)O. The maximum atomic E-state index is 14.4. The summed E-state index contributed by atoms with van der Waals surface area (Å²) in [7, 11) is 0. The van der Waals surface area contributed by atoms with E-state index in [4.69, 9.17) is 9.47 Å². The van der Waals surface area contributed by atoms with Crippen LogP contribution in [0, 0.1) is 31.6 Å². The van der Waals surface area contributed by atoms with Gasteiger partial charge in [0.25, 0.3) is 0 Å². The molecule has 9 heteroatoms. The number of benzene rings is 4. The van der Waals surface area contributed by atoms with E-state index in [1.165, 1.54) is 31.4 Å². The van der Waals surface area contributed by atoms with E-state index >= 15 is 0 Å². The lowest BCUT2D eigenvalue weighted by atomic mass is 9.82. The second kappa shape index (κ2) is 16.8. The summed E-state index contributed by atoms with van der Waals surface area (Å²) in [5.74, 6) is 2.29. The Morgan fingerprint density at radius 2 is 1.52 bits per heavy atom. The molecule has 2 fully saturated rings. The lowest BCUT2D eigenvalue weighted by Crippen LogP contribution is -2.38. The van der Waals surface area contributed by atoms with E-state index in [1.54, 1.807) is 23.1 Å². The van der Waals surface area contributed by atoms with Crippen molar-refractivity contribution in [1.82, 2.24) is 4.90 Å². The highest BCUT2D eigenvalue weighted by Gasteiger charge is 2.42. The molecule has 8 nitrogen and oxygen atoms in total. The zero-order valence-electron chi connectivity index (χ0n) is 33.8. The first-order chi connectivity index (χ1) is 26.5. The lowest BCUT2D eigenvalue weighted by Gasteiger charge is -2.26. The molecule has 0 radical (unpaired) electrons. The number of likely N-dealkylation sites (tertiary alicyclic amines) is 1. The van der Waals surface area contributed by atoms with E-state index in [1.807, 2.05) is 86.3 Å². The Balaban J connectivity index is 1.16. The highest BCUT2D eigenvalue weighted by atomic mass is 32.2. The van der Waals surface area contributed by atoms with Crippen molar-refractivity contribution in [2.45, 2.75) is 96.5 Å². The summed E-state index contributed by atoms with van der Waals surface area (Å²) in [4.78, 5) is 42.5. The third kappa shape index (κ3) is 9.43. The predicted octanol–water partition coefficient (Wildman–Crippen LogP) is 10.6. The normalized spacial score (nSPS) is 19.4. The largest absolute Gasteiger partial charge is 0.508 e. The fraction of sp³-hybridized carbons (Fsp3) is 0.426. The van der Waals surface area contributed by atoms with Crippen LogP contribution in [0.4, 0.5) is 4.79 Å². The van der Waals surface area contributed by atoms with Crippen molar-refractivity contribution in [3.05, 3.63) is 118 Å². The smallest absolute Gasteiger partial charge is 0.415 e. The summed E-state index contributed by atoms with van der Waals surface area (Å²) in [6, 6.07) is 25.0. The molecule has 4 atom stereocenters. The Bertz CT molecular complexity index is 2050. The number of carbonyl (C=O) groups excluding carboxylic acids is 2. The minimum absolute atomic E-state index is 0.0416. The number of carbonyl (C=O) groups is 3. The highest BCUT2D eigenvalue weighted by molar-refractivity contribution is 7.99. The third-order valence-electron chi connectivity index (χ3n) is 11.4. The maximum absolute atomic E-state index is 14.4. The van der Waals surface area contributed by atoms with Gasteiger partial charge in [0, 0.05) is 41.1 Å².